The van der Waals surface area contributed by atoms with Crippen molar-refractivity contribution in [2.45, 2.75) is 67.9 Å². The molecule has 2 nitrogen and oxygen atoms in total. The minimum absolute atomic E-state index is 0.110. The van der Waals surface area contributed by atoms with E-state index in [0.29, 0.717) is 19.3 Å². The highest BCUT2D eigenvalue weighted by Crippen LogP contribution is 2.68. The van der Waals surface area contributed by atoms with Crippen LogP contribution in [0.4, 0.5) is 26.3 Å². The minimum atomic E-state index is -4.95. The van der Waals surface area contributed by atoms with E-state index < -0.39 is 51.9 Å². The summed E-state index contributed by atoms with van der Waals surface area (Å²) in [6.07, 6.45) is -9.17. The molecule has 2 atom stereocenters. The summed E-state index contributed by atoms with van der Waals surface area (Å²) in [5.41, 5.74) is -2.88. The van der Waals surface area contributed by atoms with Crippen molar-refractivity contribution in [3.8, 4) is 0 Å². The van der Waals surface area contributed by atoms with Crippen LogP contribution in [0.25, 0.3) is 0 Å². The second kappa shape index (κ2) is 8.34. The number of rotatable bonds is 7. The van der Waals surface area contributed by atoms with Crippen LogP contribution >= 0.6 is 23.2 Å². The molecule has 0 radical (unpaired) electrons. The average Bonchev–Trinajstić information content (AvgIpc) is 3.13. The fourth-order valence-corrected chi connectivity index (χ4v) is 5.00. The molecular formula is C20H22Cl2F6O2. The maximum atomic E-state index is 13.8. The van der Waals surface area contributed by atoms with E-state index in [2.05, 4.69) is 0 Å². The number of hydrogen-bond donors (Lipinski definition) is 0. The van der Waals surface area contributed by atoms with Gasteiger partial charge in [-0.2, -0.15) is 26.3 Å². The normalized spacial score (nSPS) is 24.2. The molecule has 0 aliphatic heterocycles. The van der Waals surface area contributed by atoms with Crippen molar-refractivity contribution in [1.29, 1.82) is 0 Å². The van der Waals surface area contributed by atoms with Gasteiger partial charge >= 0.3 is 12.4 Å². The molecule has 2 aliphatic rings. The van der Waals surface area contributed by atoms with E-state index in [1.165, 1.54) is 0 Å². The maximum Gasteiger partial charge on any atom is 0.416 e. The van der Waals surface area contributed by atoms with Gasteiger partial charge in [0.05, 0.1) is 17.0 Å². The highest BCUT2D eigenvalue weighted by Gasteiger charge is 2.69. The van der Waals surface area contributed by atoms with Gasteiger partial charge < -0.3 is 9.47 Å². The van der Waals surface area contributed by atoms with Crippen molar-refractivity contribution in [3.05, 3.63) is 34.4 Å². The van der Waals surface area contributed by atoms with Crippen LogP contribution in [0.1, 0.15) is 67.2 Å². The Balaban J connectivity index is 2.17. The molecule has 0 heterocycles. The van der Waals surface area contributed by atoms with Gasteiger partial charge in [-0.25, -0.2) is 0 Å². The fourth-order valence-electron chi connectivity index (χ4n) is 4.16. The van der Waals surface area contributed by atoms with Gasteiger partial charge in [-0.1, -0.05) is 6.42 Å². The van der Waals surface area contributed by atoms with Crippen molar-refractivity contribution in [2.75, 3.05) is 13.2 Å². The van der Waals surface area contributed by atoms with E-state index in [9.17, 15) is 26.3 Å². The summed E-state index contributed by atoms with van der Waals surface area (Å²) in [5.74, 6) is -2.24. The van der Waals surface area contributed by atoms with Gasteiger partial charge in [-0.3, -0.25) is 0 Å². The number of hydrogen-bond acceptors (Lipinski definition) is 2. The molecule has 0 saturated heterocycles. The first-order valence-electron chi connectivity index (χ1n) is 9.77. The molecule has 2 aliphatic carbocycles. The van der Waals surface area contributed by atoms with Gasteiger partial charge in [0, 0.05) is 19.1 Å². The quantitative estimate of drug-likeness (QED) is 0.233. The monoisotopic (exact) mass is 478 g/mol. The Morgan fingerprint density at radius 2 is 1.57 bits per heavy atom. The number of benzene rings is 1. The average molecular weight is 479 g/mol. The second-order valence-corrected chi connectivity index (χ2v) is 9.05. The van der Waals surface area contributed by atoms with Crippen LogP contribution in [0.5, 0.6) is 0 Å². The van der Waals surface area contributed by atoms with Crippen LogP contribution in [0.2, 0.25) is 0 Å². The molecule has 30 heavy (non-hydrogen) atoms. The first-order valence-corrected chi connectivity index (χ1v) is 10.5. The first kappa shape index (κ1) is 24.0. The smallest absolute Gasteiger partial charge is 0.353 e. The molecule has 0 aromatic heterocycles. The molecule has 170 valence electrons. The van der Waals surface area contributed by atoms with Crippen molar-refractivity contribution in [1.82, 2.24) is 0 Å². The van der Waals surface area contributed by atoms with Crippen molar-refractivity contribution in [2.24, 2.45) is 5.92 Å². The Hall–Kier alpha value is -0.700. The molecule has 10 heteroatoms. The Bertz CT molecular complexity index is 768. The SMILES string of the molecule is CCOC(OCC)[C@@H]1[C@@H](c2cc(C(F)(F)F)cc(C(F)(F)F)c2C2CCC2)C1(Cl)Cl. The number of alkyl halides is 8. The highest BCUT2D eigenvalue weighted by atomic mass is 35.5. The van der Waals surface area contributed by atoms with Gasteiger partial charge in [-0.05, 0) is 55.9 Å². The maximum absolute atomic E-state index is 13.8. The van der Waals surface area contributed by atoms with E-state index in [1.807, 2.05) is 0 Å². The lowest BCUT2D eigenvalue weighted by Crippen LogP contribution is -2.23. The molecular weight excluding hydrogens is 457 g/mol. The van der Waals surface area contributed by atoms with Crippen LogP contribution in [-0.2, 0) is 21.8 Å². The third-order valence-electron chi connectivity index (χ3n) is 5.76. The van der Waals surface area contributed by atoms with Crippen molar-refractivity contribution < 1.29 is 35.8 Å². The van der Waals surface area contributed by atoms with E-state index in [1.54, 1.807) is 13.8 Å². The van der Waals surface area contributed by atoms with Crippen LogP contribution in [0, 0.1) is 5.92 Å². The lowest BCUT2D eigenvalue weighted by atomic mass is 9.74. The zero-order chi connectivity index (χ0) is 22.5. The molecule has 0 N–H and O–H groups in total. The van der Waals surface area contributed by atoms with Crippen LogP contribution in [0.3, 0.4) is 0 Å². The molecule has 1 aromatic carbocycles. The molecule has 2 fully saturated rings. The number of halogens is 8. The largest absolute Gasteiger partial charge is 0.416 e. The molecule has 0 spiro atoms. The molecule has 3 rings (SSSR count). The van der Waals surface area contributed by atoms with Gasteiger partial charge in [0.15, 0.2) is 6.29 Å². The fraction of sp³-hybridized carbons (Fsp3) is 0.700. The van der Waals surface area contributed by atoms with Crippen LogP contribution in [0.15, 0.2) is 12.1 Å². The topological polar surface area (TPSA) is 18.5 Å². The van der Waals surface area contributed by atoms with E-state index >= 15 is 0 Å². The summed E-state index contributed by atoms with van der Waals surface area (Å²) >= 11 is 12.8. The van der Waals surface area contributed by atoms with E-state index in [-0.39, 0.29) is 30.4 Å². The molecule has 0 amide bonds. The molecule has 0 bridgehead atoms. The predicted octanol–water partition coefficient (Wildman–Crippen LogP) is 7.28. The van der Waals surface area contributed by atoms with Crippen molar-refractivity contribution >= 4 is 23.2 Å². The third kappa shape index (κ3) is 4.43. The lowest BCUT2D eigenvalue weighted by Gasteiger charge is -2.32. The van der Waals surface area contributed by atoms with E-state index in [0.717, 1.165) is 6.07 Å². The second-order valence-electron chi connectivity index (χ2n) is 7.61. The highest BCUT2D eigenvalue weighted by molar-refractivity contribution is 6.52. The van der Waals surface area contributed by atoms with Gasteiger partial charge in [0.25, 0.3) is 0 Å². The van der Waals surface area contributed by atoms with Gasteiger partial charge in [0.1, 0.15) is 4.33 Å². The Kier molecular flexibility index (Phi) is 6.66. The zero-order valence-corrected chi connectivity index (χ0v) is 17.9. The Morgan fingerprint density at radius 3 is 1.97 bits per heavy atom. The van der Waals surface area contributed by atoms with Gasteiger partial charge in [-0.15, -0.1) is 23.2 Å². The third-order valence-corrected chi connectivity index (χ3v) is 6.73. The lowest BCUT2D eigenvalue weighted by molar-refractivity contribution is -0.149. The Morgan fingerprint density at radius 1 is 1.00 bits per heavy atom. The minimum Gasteiger partial charge on any atom is -0.353 e. The van der Waals surface area contributed by atoms with Crippen molar-refractivity contribution in [3.63, 3.8) is 0 Å². The number of ether oxygens (including phenoxy) is 2. The van der Waals surface area contributed by atoms with Crippen LogP contribution < -0.4 is 0 Å². The Labute approximate surface area is 180 Å². The summed E-state index contributed by atoms with van der Waals surface area (Å²) in [6.45, 7) is 3.84. The molecule has 1 aromatic rings. The zero-order valence-electron chi connectivity index (χ0n) is 16.3. The van der Waals surface area contributed by atoms with E-state index in [4.69, 9.17) is 32.7 Å². The standard InChI is InChI=1S/C20H22Cl2F6O2/c1-3-29-17(30-4-2)16-15(18(16,21)22)12-8-11(19(23,24)25)9-13(20(26,27)28)14(12)10-6-5-7-10/h8-10,15-17H,3-7H2,1-2H3/t15-,16+/m1/s1. The molecule has 2 saturated carbocycles. The molecule has 0 unspecified atom stereocenters. The predicted molar refractivity (Wildman–Crippen MR) is 101 cm³/mol. The summed E-state index contributed by atoms with van der Waals surface area (Å²) in [4.78, 5) is 0. The first-order chi connectivity index (χ1) is 13.8. The summed E-state index contributed by atoms with van der Waals surface area (Å²) in [6, 6.07) is 0.962. The summed E-state index contributed by atoms with van der Waals surface area (Å²) in [7, 11) is 0. The summed E-state index contributed by atoms with van der Waals surface area (Å²) in [5, 5.41) is 0. The summed E-state index contributed by atoms with van der Waals surface area (Å²) < 4.78 is 91.2. The van der Waals surface area contributed by atoms with Crippen LogP contribution in [-0.4, -0.2) is 23.8 Å². The van der Waals surface area contributed by atoms with Gasteiger partial charge in [0.2, 0.25) is 0 Å².